The van der Waals surface area contributed by atoms with Gasteiger partial charge in [-0.05, 0) is 44.2 Å². The molecule has 1 aliphatic carbocycles. The summed E-state index contributed by atoms with van der Waals surface area (Å²) in [7, 11) is 1.55. The Morgan fingerprint density at radius 1 is 1.38 bits per heavy atom. The van der Waals surface area contributed by atoms with Gasteiger partial charge in [-0.1, -0.05) is 29.8 Å². The number of methoxy groups -OCH3 is 1. The lowest BCUT2D eigenvalue weighted by Crippen LogP contribution is -2.24. The van der Waals surface area contributed by atoms with Crippen LogP contribution in [0.3, 0.4) is 0 Å². The van der Waals surface area contributed by atoms with E-state index in [1.54, 1.807) is 19.4 Å². The van der Waals surface area contributed by atoms with Crippen molar-refractivity contribution in [2.75, 3.05) is 19.0 Å². The molecule has 1 aromatic heterocycles. The second-order valence-corrected chi connectivity index (χ2v) is 8.46. The maximum atomic E-state index is 11.6. The van der Waals surface area contributed by atoms with Gasteiger partial charge in [0.05, 0.1) is 24.7 Å². The number of primary amides is 1. The predicted molar refractivity (Wildman–Crippen MR) is 134 cm³/mol. The van der Waals surface area contributed by atoms with Gasteiger partial charge in [0.2, 0.25) is 0 Å². The standard InChI is InChI=1S/C24H31ClN6O3/c1-34-23-17(8-4-9-18(23)30-19(12-21(25)26)22(27)24(28)33)16-13-29-31(14-16)20-10-3-2-6-15(20)7-5-11-32/h4,8-10,12-15,30,32H,2-3,5-7,11,26-27H2,1H3,(H2,28,33)/b21-12-,22-19+. The van der Waals surface area contributed by atoms with Gasteiger partial charge in [0.15, 0.2) is 0 Å². The Labute approximate surface area is 203 Å². The number of carbonyl (C=O) groups is 1. The fourth-order valence-corrected chi connectivity index (χ4v) is 4.23. The largest absolute Gasteiger partial charge is 0.494 e. The molecule has 1 heterocycles. The maximum absolute atomic E-state index is 11.6. The highest BCUT2D eigenvalue weighted by molar-refractivity contribution is 6.29. The molecule has 0 bridgehead atoms. The van der Waals surface area contributed by atoms with Crippen molar-refractivity contribution in [3.05, 3.63) is 59.3 Å². The summed E-state index contributed by atoms with van der Waals surface area (Å²) in [6.45, 7) is 0.187. The molecule has 1 aliphatic rings. The van der Waals surface area contributed by atoms with Gasteiger partial charge in [0, 0.05) is 35.5 Å². The zero-order valence-corrected chi connectivity index (χ0v) is 19.9. The fourth-order valence-electron chi connectivity index (χ4n) is 4.12. The quantitative estimate of drug-likeness (QED) is 0.196. The van der Waals surface area contributed by atoms with Crippen molar-refractivity contribution >= 4 is 28.9 Å². The molecule has 0 saturated carbocycles. The number of ether oxygens (including phenoxy) is 1. The number of benzene rings is 1. The first kappa shape index (κ1) is 25.2. The summed E-state index contributed by atoms with van der Waals surface area (Å²) in [5.74, 6) is 0.0678. The Morgan fingerprint density at radius 2 is 2.18 bits per heavy atom. The third-order valence-electron chi connectivity index (χ3n) is 5.72. The Kier molecular flexibility index (Phi) is 8.61. The van der Waals surface area contributed by atoms with Crippen LogP contribution in [-0.2, 0) is 4.79 Å². The average molecular weight is 487 g/mol. The van der Waals surface area contributed by atoms with Crippen molar-refractivity contribution in [1.29, 1.82) is 0 Å². The molecular weight excluding hydrogens is 456 g/mol. The first-order chi connectivity index (χ1) is 16.3. The number of aromatic nitrogens is 2. The minimum absolute atomic E-state index is 0.0698. The second-order valence-electron chi connectivity index (χ2n) is 8.03. The van der Waals surface area contributed by atoms with E-state index in [9.17, 15) is 9.90 Å². The Bertz CT molecular complexity index is 1120. The Balaban J connectivity index is 1.97. The van der Waals surface area contributed by atoms with Crippen LogP contribution in [0.2, 0.25) is 0 Å². The molecule has 0 radical (unpaired) electrons. The van der Waals surface area contributed by atoms with Gasteiger partial charge >= 0.3 is 0 Å². The third-order valence-corrected chi connectivity index (χ3v) is 5.83. The number of nitrogens with one attached hydrogen (secondary N) is 1. The summed E-state index contributed by atoms with van der Waals surface area (Å²) in [6.07, 6.45) is 12.2. The number of rotatable bonds is 10. The first-order valence-corrected chi connectivity index (χ1v) is 11.5. The zero-order chi connectivity index (χ0) is 24.7. The van der Waals surface area contributed by atoms with Crippen molar-refractivity contribution in [3.8, 4) is 16.9 Å². The molecule has 1 aromatic carbocycles. The van der Waals surface area contributed by atoms with Gasteiger partial charge in [-0.25, -0.2) is 4.68 Å². The molecule has 1 atom stereocenters. The number of carbonyl (C=O) groups excluding carboxylic acids is 1. The number of aliphatic hydroxyl groups excluding tert-OH is 1. The smallest absolute Gasteiger partial charge is 0.266 e. The lowest BCUT2D eigenvalue weighted by atomic mass is 9.88. The SMILES string of the molecule is COc1c(NC(/C=C(\N)Cl)=C(/N)C(N)=O)cccc1-c1cnn(C2=CCCCC2CCCO)c1. The van der Waals surface area contributed by atoms with Crippen molar-refractivity contribution in [2.45, 2.75) is 32.1 Å². The van der Waals surface area contributed by atoms with Crippen LogP contribution in [0.1, 0.15) is 32.1 Å². The van der Waals surface area contributed by atoms with E-state index in [1.165, 1.54) is 6.08 Å². The van der Waals surface area contributed by atoms with Crippen LogP contribution >= 0.6 is 11.6 Å². The van der Waals surface area contributed by atoms with Crippen LogP contribution < -0.4 is 27.3 Å². The molecule has 2 aromatic rings. The number of aliphatic hydroxyl groups is 1. The van der Waals surface area contributed by atoms with Crippen molar-refractivity contribution in [1.82, 2.24) is 9.78 Å². The molecule has 0 fully saturated rings. The van der Waals surface area contributed by atoms with Crippen LogP contribution in [-0.4, -0.2) is 34.5 Å². The van der Waals surface area contributed by atoms with Gasteiger partial charge in [-0.15, -0.1) is 0 Å². The second kappa shape index (κ2) is 11.6. The molecule has 34 heavy (non-hydrogen) atoms. The molecule has 0 saturated heterocycles. The number of hydrogen-bond donors (Lipinski definition) is 5. The minimum Gasteiger partial charge on any atom is -0.494 e. The van der Waals surface area contributed by atoms with E-state index >= 15 is 0 Å². The van der Waals surface area contributed by atoms with Gasteiger partial charge in [-0.3, -0.25) is 4.79 Å². The molecule has 3 rings (SSSR count). The number of para-hydroxylation sites is 1. The van der Waals surface area contributed by atoms with E-state index in [1.807, 2.05) is 23.0 Å². The van der Waals surface area contributed by atoms with E-state index in [-0.39, 0.29) is 23.2 Å². The lowest BCUT2D eigenvalue weighted by molar-refractivity contribution is -0.114. The fraction of sp³-hybridized carbons (Fsp3) is 0.333. The molecule has 8 N–H and O–H groups in total. The van der Waals surface area contributed by atoms with Crippen molar-refractivity contribution in [3.63, 3.8) is 0 Å². The topological polar surface area (TPSA) is 154 Å². The molecule has 182 valence electrons. The van der Waals surface area contributed by atoms with E-state index in [0.29, 0.717) is 17.4 Å². The number of nitrogens with two attached hydrogens (primary N) is 3. The maximum Gasteiger partial charge on any atom is 0.266 e. The van der Waals surface area contributed by atoms with E-state index in [2.05, 4.69) is 16.5 Å². The predicted octanol–water partition coefficient (Wildman–Crippen LogP) is 3.08. The summed E-state index contributed by atoms with van der Waals surface area (Å²) in [5, 5.41) is 16.8. The summed E-state index contributed by atoms with van der Waals surface area (Å²) >= 11 is 5.80. The van der Waals surface area contributed by atoms with Crippen LogP contribution in [0.5, 0.6) is 5.75 Å². The molecule has 0 aliphatic heterocycles. The van der Waals surface area contributed by atoms with Gasteiger partial charge in [-0.2, -0.15) is 5.10 Å². The highest BCUT2D eigenvalue weighted by atomic mass is 35.5. The molecular formula is C24H31ClN6O3. The van der Waals surface area contributed by atoms with E-state index in [0.717, 1.165) is 48.9 Å². The summed E-state index contributed by atoms with van der Waals surface area (Å²) in [5.41, 5.74) is 20.0. The third kappa shape index (κ3) is 5.92. The number of nitrogens with zero attached hydrogens (tertiary/aromatic N) is 2. The van der Waals surface area contributed by atoms with Crippen molar-refractivity contribution < 1.29 is 14.6 Å². The van der Waals surface area contributed by atoms with Gasteiger partial charge in [0.1, 0.15) is 16.6 Å². The molecule has 10 heteroatoms. The highest BCUT2D eigenvalue weighted by Gasteiger charge is 2.21. The molecule has 9 nitrogen and oxygen atoms in total. The summed E-state index contributed by atoms with van der Waals surface area (Å²) in [4.78, 5) is 11.6. The monoisotopic (exact) mass is 486 g/mol. The Hall–Kier alpha value is -3.43. The number of halogens is 1. The Morgan fingerprint density at radius 3 is 2.85 bits per heavy atom. The van der Waals surface area contributed by atoms with E-state index < -0.39 is 5.91 Å². The number of allylic oxidation sites excluding steroid dienone is 3. The van der Waals surface area contributed by atoms with Crippen LogP contribution in [0.15, 0.2) is 59.3 Å². The minimum atomic E-state index is -0.815. The lowest BCUT2D eigenvalue weighted by Gasteiger charge is -2.24. The number of hydrogen-bond acceptors (Lipinski definition) is 7. The molecule has 1 unspecified atom stereocenters. The highest BCUT2D eigenvalue weighted by Crippen LogP contribution is 2.38. The summed E-state index contributed by atoms with van der Waals surface area (Å²) in [6, 6.07) is 5.53. The van der Waals surface area contributed by atoms with Gasteiger partial charge in [0.25, 0.3) is 5.91 Å². The zero-order valence-electron chi connectivity index (χ0n) is 19.1. The van der Waals surface area contributed by atoms with Crippen LogP contribution in [0, 0.1) is 5.92 Å². The number of anilines is 1. The normalized spacial score (nSPS) is 17.1. The molecule has 0 spiro atoms. The average Bonchev–Trinajstić information content (AvgIpc) is 3.31. The first-order valence-electron chi connectivity index (χ1n) is 11.1. The van der Waals surface area contributed by atoms with Crippen LogP contribution in [0.25, 0.3) is 16.8 Å². The summed E-state index contributed by atoms with van der Waals surface area (Å²) < 4.78 is 7.61. The number of amides is 1. The van der Waals surface area contributed by atoms with Crippen LogP contribution in [0.4, 0.5) is 5.69 Å². The van der Waals surface area contributed by atoms with Crippen molar-refractivity contribution in [2.24, 2.45) is 23.1 Å². The molecule has 1 amide bonds. The van der Waals surface area contributed by atoms with Gasteiger partial charge < -0.3 is 32.4 Å². The van der Waals surface area contributed by atoms with E-state index in [4.69, 9.17) is 33.5 Å².